The zero-order valence-electron chi connectivity index (χ0n) is 9.84. The summed E-state index contributed by atoms with van der Waals surface area (Å²) in [4.78, 5) is 24.7. The topological polar surface area (TPSA) is 63.6 Å². The van der Waals surface area contributed by atoms with Crippen molar-refractivity contribution in [3.63, 3.8) is 0 Å². The van der Waals surface area contributed by atoms with E-state index in [9.17, 15) is 14.7 Å². The highest BCUT2D eigenvalue weighted by molar-refractivity contribution is 6.27. The summed E-state index contributed by atoms with van der Waals surface area (Å²) < 4.78 is 5.21. The fourth-order valence-electron chi connectivity index (χ4n) is 2.61. The number of ether oxygens (including phenoxy) is 1. The fraction of sp³-hybridized carbons (Fsp3) is 0.286. The number of ketones is 2. The summed E-state index contributed by atoms with van der Waals surface area (Å²) >= 11 is 0. The van der Waals surface area contributed by atoms with Crippen molar-refractivity contribution in [2.75, 3.05) is 0 Å². The van der Waals surface area contributed by atoms with E-state index in [4.69, 9.17) is 4.74 Å². The second kappa shape index (κ2) is 3.86. The van der Waals surface area contributed by atoms with Gasteiger partial charge in [0.05, 0.1) is 6.10 Å². The molecule has 0 saturated carbocycles. The monoisotopic (exact) mass is 244 g/mol. The van der Waals surface area contributed by atoms with Gasteiger partial charge in [0.2, 0.25) is 0 Å². The third kappa shape index (κ3) is 1.46. The minimum atomic E-state index is -1.01. The number of hydrogen-bond donors (Lipinski definition) is 1. The van der Waals surface area contributed by atoms with Crippen LogP contribution in [0.1, 0.15) is 34.1 Å². The van der Waals surface area contributed by atoms with Gasteiger partial charge in [-0.15, -0.1) is 0 Å². The summed E-state index contributed by atoms with van der Waals surface area (Å²) in [5.74, 6) is -0.339. The standard InChI is InChI=1S/C14H12O4/c1-7-12-10(6-11(15)18-7)13(16)8-4-2-3-5-9(8)14(12)17/h2-5,7,11,15H,6H2,1H3. The molecule has 0 bridgehead atoms. The average molecular weight is 244 g/mol. The Morgan fingerprint density at radius 1 is 1.17 bits per heavy atom. The fourth-order valence-corrected chi connectivity index (χ4v) is 2.61. The van der Waals surface area contributed by atoms with Gasteiger partial charge in [-0.1, -0.05) is 24.3 Å². The number of carbonyl (C=O) groups excluding carboxylic acids is 2. The van der Waals surface area contributed by atoms with Crippen molar-refractivity contribution < 1.29 is 19.4 Å². The first-order valence-electron chi connectivity index (χ1n) is 5.84. The van der Waals surface area contributed by atoms with Crippen molar-refractivity contribution in [2.45, 2.75) is 25.7 Å². The molecule has 2 atom stereocenters. The zero-order valence-corrected chi connectivity index (χ0v) is 9.84. The van der Waals surface area contributed by atoms with E-state index in [1.807, 2.05) is 0 Å². The zero-order chi connectivity index (χ0) is 12.9. The summed E-state index contributed by atoms with van der Waals surface area (Å²) in [6.45, 7) is 1.68. The van der Waals surface area contributed by atoms with Crippen molar-refractivity contribution in [1.82, 2.24) is 0 Å². The van der Waals surface area contributed by atoms with Crippen molar-refractivity contribution in [2.24, 2.45) is 0 Å². The molecule has 2 unspecified atom stereocenters. The molecule has 1 aromatic rings. The second-order valence-electron chi connectivity index (χ2n) is 4.53. The van der Waals surface area contributed by atoms with Crippen LogP contribution in [0.5, 0.6) is 0 Å². The van der Waals surface area contributed by atoms with Gasteiger partial charge in [0.1, 0.15) is 0 Å². The predicted octanol–water partition coefficient (Wildman–Crippen LogP) is 1.49. The van der Waals surface area contributed by atoms with E-state index in [2.05, 4.69) is 0 Å². The molecule has 0 spiro atoms. The van der Waals surface area contributed by atoms with E-state index >= 15 is 0 Å². The van der Waals surface area contributed by atoms with E-state index in [1.165, 1.54) is 0 Å². The first-order chi connectivity index (χ1) is 8.59. The van der Waals surface area contributed by atoms with Crippen LogP contribution in [0.3, 0.4) is 0 Å². The molecule has 0 aromatic heterocycles. The maximum absolute atomic E-state index is 12.3. The number of rotatable bonds is 0. The maximum atomic E-state index is 12.3. The quantitative estimate of drug-likeness (QED) is 0.751. The molecule has 1 aliphatic heterocycles. The highest BCUT2D eigenvalue weighted by atomic mass is 16.6. The lowest BCUT2D eigenvalue weighted by molar-refractivity contribution is -0.125. The number of aliphatic hydroxyl groups excluding tert-OH is 1. The molecule has 0 radical (unpaired) electrons. The molecule has 1 aliphatic carbocycles. The first-order valence-corrected chi connectivity index (χ1v) is 5.84. The minimum absolute atomic E-state index is 0.0819. The molecule has 1 aromatic carbocycles. The summed E-state index contributed by atoms with van der Waals surface area (Å²) in [5, 5.41) is 9.55. The normalized spacial score (nSPS) is 27.0. The van der Waals surface area contributed by atoms with E-state index in [0.29, 0.717) is 22.3 Å². The van der Waals surface area contributed by atoms with Crippen LogP contribution in [-0.2, 0) is 4.74 Å². The second-order valence-corrected chi connectivity index (χ2v) is 4.53. The number of fused-ring (bicyclic) bond motifs is 1. The number of carbonyl (C=O) groups is 2. The van der Waals surface area contributed by atoms with Crippen molar-refractivity contribution in [1.29, 1.82) is 0 Å². The molecule has 0 amide bonds. The minimum Gasteiger partial charge on any atom is -0.368 e. The number of Topliss-reactive ketones (excluding diaryl/α,β-unsaturated/α-hetero) is 2. The molecule has 4 heteroatoms. The van der Waals surface area contributed by atoms with Crippen molar-refractivity contribution in [3.8, 4) is 0 Å². The van der Waals surface area contributed by atoms with Gasteiger partial charge in [-0.25, -0.2) is 0 Å². The molecule has 0 saturated heterocycles. The van der Waals surface area contributed by atoms with Gasteiger partial charge in [-0.2, -0.15) is 0 Å². The summed E-state index contributed by atoms with van der Waals surface area (Å²) in [6, 6.07) is 6.76. The van der Waals surface area contributed by atoms with Gasteiger partial charge < -0.3 is 9.84 Å². The van der Waals surface area contributed by atoms with Crippen LogP contribution in [-0.4, -0.2) is 29.1 Å². The lowest BCUT2D eigenvalue weighted by atomic mass is 9.80. The number of benzene rings is 1. The molecule has 0 fully saturated rings. The molecule has 92 valence electrons. The molecule has 18 heavy (non-hydrogen) atoms. The molecular formula is C14H12O4. The number of aliphatic hydroxyl groups is 1. The van der Waals surface area contributed by atoms with Gasteiger partial charge in [0.15, 0.2) is 17.9 Å². The highest BCUT2D eigenvalue weighted by Gasteiger charge is 2.39. The Hall–Kier alpha value is -1.78. The molecule has 4 nitrogen and oxygen atoms in total. The Morgan fingerprint density at radius 3 is 2.44 bits per heavy atom. The Labute approximate surface area is 104 Å². The van der Waals surface area contributed by atoms with Crippen LogP contribution < -0.4 is 0 Å². The van der Waals surface area contributed by atoms with E-state index in [0.717, 1.165) is 0 Å². The SMILES string of the molecule is CC1OC(O)CC2=C1C(=O)c1ccccc1C2=O. The Bertz CT molecular complexity index is 585. The molecular weight excluding hydrogens is 232 g/mol. The van der Waals surface area contributed by atoms with Gasteiger partial charge in [0, 0.05) is 28.7 Å². The largest absolute Gasteiger partial charge is 0.368 e. The predicted molar refractivity (Wildman–Crippen MR) is 63.3 cm³/mol. The average Bonchev–Trinajstić information content (AvgIpc) is 2.35. The van der Waals surface area contributed by atoms with Crippen LogP contribution in [0.25, 0.3) is 0 Å². The Balaban J connectivity index is 2.20. The third-order valence-electron chi connectivity index (χ3n) is 3.41. The third-order valence-corrected chi connectivity index (χ3v) is 3.41. The van der Waals surface area contributed by atoms with Crippen molar-refractivity contribution in [3.05, 3.63) is 46.5 Å². The van der Waals surface area contributed by atoms with Gasteiger partial charge in [-0.3, -0.25) is 9.59 Å². The van der Waals surface area contributed by atoms with Crippen LogP contribution in [0.4, 0.5) is 0 Å². The van der Waals surface area contributed by atoms with E-state index in [1.54, 1.807) is 31.2 Å². The lowest BCUT2D eigenvalue weighted by Gasteiger charge is -2.31. The summed E-state index contributed by atoms with van der Waals surface area (Å²) in [6.07, 6.45) is -1.48. The van der Waals surface area contributed by atoms with Gasteiger partial charge in [0.25, 0.3) is 0 Å². The summed E-state index contributed by atoms with van der Waals surface area (Å²) in [5.41, 5.74) is 1.63. The van der Waals surface area contributed by atoms with E-state index in [-0.39, 0.29) is 18.0 Å². The van der Waals surface area contributed by atoms with Crippen LogP contribution in [0, 0.1) is 0 Å². The van der Waals surface area contributed by atoms with Gasteiger partial charge in [-0.05, 0) is 6.92 Å². The summed E-state index contributed by atoms with van der Waals surface area (Å²) in [7, 11) is 0. The maximum Gasteiger partial charge on any atom is 0.192 e. The van der Waals surface area contributed by atoms with Gasteiger partial charge >= 0.3 is 0 Å². The molecule has 1 N–H and O–H groups in total. The molecule has 1 heterocycles. The molecule has 3 rings (SSSR count). The Kier molecular flexibility index (Phi) is 2.43. The van der Waals surface area contributed by atoms with Crippen molar-refractivity contribution >= 4 is 11.6 Å². The van der Waals surface area contributed by atoms with Crippen LogP contribution in [0.15, 0.2) is 35.4 Å². The Morgan fingerprint density at radius 2 is 1.78 bits per heavy atom. The molecule has 2 aliphatic rings. The first kappa shape index (κ1) is 11.3. The number of hydrogen-bond acceptors (Lipinski definition) is 4. The lowest BCUT2D eigenvalue weighted by Crippen LogP contribution is -2.37. The van der Waals surface area contributed by atoms with Crippen LogP contribution >= 0.6 is 0 Å². The van der Waals surface area contributed by atoms with E-state index < -0.39 is 12.4 Å². The van der Waals surface area contributed by atoms with Crippen LogP contribution in [0.2, 0.25) is 0 Å². The highest BCUT2D eigenvalue weighted by Crippen LogP contribution is 2.34. The smallest absolute Gasteiger partial charge is 0.192 e.